The molecule has 5 nitrogen and oxygen atoms in total. The van der Waals surface area contributed by atoms with Gasteiger partial charge in [-0.25, -0.2) is 0 Å². The maximum atomic E-state index is 10.4. The summed E-state index contributed by atoms with van der Waals surface area (Å²) in [5.74, 6) is 0.0420. The number of anilines is 1. The Balaban J connectivity index is 1.81. The highest BCUT2D eigenvalue weighted by atomic mass is 32.2. The summed E-state index contributed by atoms with van der Waals surface area (Å²) < 4.78 is 0.712. The van der Waals surface area contributed by atoms with Crippen LogP contribution in [0.4, 0.5) is 5.13 Å². The Morgan fingerprint density at radius 2 is 2.17 bits per heavy atom. The summed E-state index contributed by atoms with van der Waals surface area (Å²) in [7, 11) is 0. The van der Waals surface area contributed by atoms with E-state index in [1.807, 2.05) is 0 Å². The van der Waals surface area contributed by atoms with Crippen molar-refractivity contribution in [2.75, 3.05) is 11.1 Å². The van der Waals surface area contributed by atoms with E-state index in [9.17, 15) is 4.79 Å². The van der Waals surface area contributed by atoms with Crippen molar-refractivity contribution in [3.63, 3.8) is 0 Å². The molecule has 1 heterocycles. The lowest BCUT2D eigenvalue weighted by molar-refractivity contribution is -0.133. The Morgan fingerprint density at radius 3 is 2.83 bits per heavy atom. The normalized spacial score (nSPS) is 23.8. The van der Waals surface area contributed by atoms with Gasteiger partial charge in [0.25, 0.3) is 0 Å². The number of carbonyl (C=O) groups is 1. The zero-order valence-corrected chi connectivity index (χ0v) is 11.9. The van der Waals surface area contributed by atoms with Crippen molar-refractivity contribution in [1.29, 1.82) is 0 Å². The van der Waals surface area contributed by atoms with Crippen molar-refractivity contribution in [3.8, 4) is 0 Å². The average Bonchev–Trinajstić information content (AvgIpc) is 2.77. The number of aliphatic carboxylic acids is 1. The van der Waals surface area contributed by atoms with E-state index >= 15 is 0 Å². The van der Waals surface area contributed by atoms with Crippen LogP contribution < -0.4 is 5.32 Å². The van der Waals surface area contributed by atoms with Gasteiger partial charge in [-0.1, -0.05) is 30.0 Å². The van der Waals surface area contributed by atoms with Crippen LogP contribution in [0.15, 0.2) is 4.34 Å². The zero-order valence-electron chi connectivity index (χ0n) is 10.3. The van der Waals surface area contributed by atoms with Crippen molar-refractivity contribution >= 4 is 34.2 Å². The van der Waals surface area contributed by atoms with Gasteiger partial charge in [0.1, 0.15) is 0 Å². The minimum absolute atomic E-state index is 0.0373. The fourth-order valence-electron chi connectivity index (χ4n) is 2.03. The second kappa shape index (κ2) is 6.38. The molecule has 0 unspecified atom stereocenters. The number of hydrogen-bond donors (Lipinski definition) is 2. The predicted octanol–water partition coefficient (Wildman–Crippen LogP) is 2.71. The van der Waals surface area contributed by atoms with Crippen LogP contribution in [-0.4, -0.2) is 33.1 Å². The summed E-state index contributed by atoms with van der Waals surface area (Å²) in [5.41, 5.74) is 0. The number of aromatic nitrogens is 2. The van der Waals surface area contributed by atoms with E-state index in [0.29, 0.717) is 10.4 Å². The number of carboxylic acid groups (broad SMARTS) is 1. The summed E-state index contributed by atoms with van der Waals surface area (Å²) in [5, 5.41) is 20.8. The summed E-state index contributed by atoms with van der Waals surface area (Å²) in [6, 6.07) is 0.492. The van der Waals surface area contributed by atoms with Crippen molar-refractivity contribution in [2.45, 2.75) is 43.0 Å². The van der Waals surface area contributed by atoms with Crippen molar-refractivity contribution in [1.82, 2.24) is 10.2 Å². The van der Waals surface area contributed by atoms with Gasteiger partial charge in [0, 0.05) is 6.04 Å². The van der Waals surface area contributed by atoms with Crippen LogP contribution in [-0.2, 0) is 4.79 Å². The Morgan fingerprint density at radius 1 is 1.44 bits per heavy atom. The second-order valence-corrected chi connectivity index (χ2v) is 6.86. The van der Waals surface area contributed by atoms with E-state index in [0.717, 1.165) is 11.0 Å². The molecule has 1 aliphatic rings. The standard InChI is InChI=1S/C11H17N3O2S2/c1-7-2-4-8(5-3-7)12-10-13-14-11(18-10)17-6-9(15)16/h7-8H,2-6H2,1H3,(H,12,13)(H,15,16). The Labute approximate surface area is 114 Å². The van der Waals surface area contributed by atoms with Crippen molar-refractivity contribution in [2.24, 2.45) is 5.92 Å². The zero-order chi connectivity index (χ0) is 13.0. The summed E-state index contributed by atoms with van der Waals surface area (Å²) in [6.45, 7) is 2.29. The molecule has 2 N–H and O–H groups in total. The largest absolute Gasteiger partial charge is 0.481 e. The lowest BCUT2D eigenvalue weighted by Gasteiger charge is -2.26. The number of hydrogen-bond acceptors (Lipinski definition) is 6. The molecule has 0 amide bonds. The van der Waals surface area contributed by atoms with Crippen molar-refractivity contribution < 1.29 is 9.90 Å². The van der Waals surface area contributed by atoms with Gasteiger partial charge < -0.3 is 10.4 Å². The van der Waals surface area contributed by atoms with Crippen LogP contribution in [0.2, 0.25) is 0 Å². The first-order valence-electron chi connectivity index (χ1n) is 6.08. The molecule has 0 bridgehead atoms. The highest BCUT2D eigenvalue weighted by Crippen LogP contribution is 2.29. The molecule has 1 aliphatic carbocycles. The maximum absolute atomic E-state index is 10.4. The van der Waals surface area contributed by atoms with Crippen LogP contribution in [0.1, 0.15) is 32.6 Å². The van der Waals surface area contributed by atoms with Gasteiger partial charge in [-0.3, -0.25) is 4.79 Å². The van der Waals surface area contributed by atoms with Crippen LogP contribution >= 0.6 is 23.1 Å². The van der Waals surface area contributed by atoms with Crippen LogP contribution in [0.25, 0.3) is 0 Å². The van der Waals surface area contributed by atoms with Gasteiger partial charge >= 0.3 is 5.97 Å². The fourth-order valence-corrected chi connectivity index (χ4v) is 3.58. The van der Waals surface area contributed by atoms with Gasteiger partial charge in [0.05, 0.1) is 5.75 Å². The average molecular weight is 287 g/mol. The summed E-state index contributed by atoms with van der Waals surface area (Å²) >= 11 is 2.65. The summed E-state index contributed by atoms with van der Waals surface area (Å²) in [4.78, 5) is 10.4. The van der Waals surface area contributed by atoms with E-state index in [4.69, 9.17) is 5.11 Å². The lowest BCUT2D eigenvalue weighted by Crippen LogP contribution is -2.25. The molecule has 2 rings (SSSR count). The number of rotatable bonds is 5. The number of nitrogens with one attached hydrogen (secondary N) is 1. The molecule has 0 aromatic carbocycles. The smallest absolute Gasteiger partial charge is 0.313 e. The SMILES string of the molecule is CC1CCC(Nc2nnc(SCC(=O)O)s2)CC1. The van der Waals surface area contributed by atoms with Gasteiger partial charge in [0.15, 0.2) is 4.34 Å². The molecule has 1 aromatic heterocycles. The number of thioether (sulfide) groups is 1. The first-order chi connectivity index (χ1) is 8.63. The van der Waals surface area contributed by atoms with E-state index in [2.05, 4.69) is 22.4 Å². The van der Waals surface area contributed by atoms with Gasteiger partial charge in [-0.05, 0) is 31.6 Å². The van der Waals surface area contributed by atoms with Crippen LogP contribution in [0.3, 0.4) is 0 Å². The highest BCUT2D eigenvalue weighted by molar-refractivity contribution is 8.01. The Kier molecular flexibility index (Phi) is 4.82. The second-order valence-electron chi connectivity index (χ2n) is 4.66. The van der Waals surface area contributed by atoms with Gasteiger partial charge in [-0.2, -0.15) is 0 Å². The molecule has 100 valence electrons. The van der Waals surface area contributed by atoms with Crippen molar-refractivity contribution in [3.05, 3.63) is 0 Å². The topological polar surface area (TPSA) is 75.1 Å². The third kappa shape index (κ3) is 4.13. The minimum atomic E-state index is -0.828. The van der Waals surface area contributed by atoms with Gasteiger partial charge in [-0.15, -0.1) is 10.2 Å². The molecule has 1 aromatic rings. The molecule has 0 aliphatic heterocycles. The fraction of sp³-hybridized carbons (Fsp3) is 0.727. The number of carboxylic acids is 1. The molecule has 0 radical (unpaired) electrons. The Bertz CT molecular complexity index is 403. The highest BCUT2D eigenvalue weighted by Gasteiger charge is 2.19. The molecule has 18 heavy (non-hydrogen) atoms. The molecule has 0 saturated heterocycles. The van der Waals surface area contributed by atoms with Crippen LogP contribution in [0.5, 0.6) is 0 Å². The van der Waals surface area contributed by atoms with Crippen LogP contribution in [0, 0.1) is 5.92 Å². The summed E-state index contributed by atoms with van der Waals surface area (Å²) in [6.07, 6.45) is 4.88. The monoisotopic (exact) mass is 287 g/mol. The molecular formula is C11H17N3O2S2. The maximum Gasteiger partial charge on any atom is 0.313 e. The van der Waals surface area contributed by atoms with E-state index < -0.39 is 5.97 Å². The van der Waals surface area contributed by atoms with E-state index in [-0.39, 0.29) is 5.75 Å². The molecular weight excluding hydrogens is 270 g/mol. The lowest BCUT2D eigenvalue weighted by atomic mass is 9.87. The Hall–Kier alpha value is -0.820. The quantitative estimate of drug-likeness (QED) is 0.811. The predicted molar refractivity (Wildman–Crippen MR) is 73.3 cm³/mol. The van der Waals surface area contributed by atoms with Gasteiger partial charge in [0.2, 0.25) is 5.13 Å². The third-order valence-corrected chi connectivity index (χ3v) is 5.04. The first-order valence-corrected chi connectivity index (χ1v) is 7.88. The molecule has 1 saturated carbocycles. The molecule has 7 heteroatoms. The van der Waals surface area contributed by atoms with E-state index in [1.165, 1.54) is 48.8 Å². The molecule has 0 atom stereocenters. The number of nitrogens with zero attached hydrogens (tertiary/aromatic N) is 2. The molecule has 0 spiro atoms. The third-order valence-electron chi connectivity index (χ3n) is 3.07. The van der Waals surface area contributed by atoms with E-state index in [1.54, 1.807) is 0 Å². The minimum Gasteiger partial charge on any atom is -0.481 e. The first kappa shape index (κ1) is 13.6. The molecule has 1 fully saturated rings.